The molecule has 1 heterocycles. The second-order valence-electron chi connectivity index (χ2n) is 3.64. The van der Waals surface area contributed by atoms with E-state index < -0.39 is 11.7 Å². The van der Waals surface area contributed by atoms with Gasteiger partial charge in [0.2, 0.25) is 5.88 Å². The molecule has 0 atom stereocenters. The van der Waals surface area contributed by atoms with E-state index >= 15 is 0 Å². The number of pyridine rings is 1. The van der Waals surface area contributed by atoms with Crippen LogP contribution in [0.2, 0.25) is 0 Å². The number of carbonyl (C=O) groups is 1. The summed E-state index contributed by atoms with van der Waals surface area (Å²) >= 11 is 0. The van der Waals surface area contributed by atoms with Gasteiger partial charge in [0.15, 0.2) is 6.29 Å². The summed E-state index contributed by atoms with van der Waals surface area (Å²) < 4.78 is 42.8. The molecular weight excluding hydrogens is 259 g/mol. The van der Waals surface area contributed by atoms with E-state index in [2.05, 4.69) is 4.98 Å². The average Bonchev–Trinajstić information content (AvgIpc) is 2.39. The summed E-state index contributed by atoms with van der Waals surface area (Å²) in [6, 6.07) is 7.36. The summed E-state index contributed by atoms with van der Waals surface area (Å²) in [5.74, 6) is -0.0616. The predicted molar refractivity (Wildman–Crippen MR) is 61.1 cm³/mol. The van der Waals surface area contributed by atoms with Gasteiger partial charge in [0, 0.05) is 6.20 Å². The molecule has 0 saturated heterocycles. The quantitative estimate of drug-likeness (QED) is 0.796. The number of aromatic nitrogens is 1. The highest BCUT2D eigenvalue weighted by Gasteiger charge is 2.30. The van der Waals surface area contributed by atoms with Crippen molar-refractivity contribution in [3.8, 4) is 11.6 Å². The van der Waals surface area contributed by atoms with Crippen LogP contribution in [0.4, 0.5) is 13.2 Å². The largest absolute Gasteiger partial charge is 0.438 e. The third-order valence-electron chi connectivity index (χ3n) is 2.30. The Morgan fingerprint density at radius 1 is 1.16 bits per heavy atom. The van der Waals surface area contributed by atoms with E-state index in [9.17, 15) is 18.0 Å². The van der Waals surface area contributed by atoms with Crippen molar-refractivity contribution in [1.29, 1.82) is 0 Å². The molecule has 0 spiro atoms. The van der Waals surface area contributed by atoms with Crippen LogP contribution < -0.4 is 4.74 Å². The first-order valence-electron chi connectivity index (χ1n) is 5.26. The molecule has 2 rings (SSSR count). The van der Waals surface area contributed by atoms with E-state index in [-0.39, 0.29) is 17.2 Å². The highest BCUT2D eigenvalue weighted by atomic mass is 19.4. The molecule has 1 aromatic carbocycles. The summed E-state index contributed by atoms with van der Waals surface area (Å²) in [6.45, 7) is 0. The molecule has 98 valence electrons. The van der Waals surface area contributed by atoms with Crippen LogP contribution in [0.5, 0.6) is 11.6 Å². The van der Waals surface area contributed by atoms with Crippen molar-refractivity contribution in [1.82, 2.24) is 4.98 Å². The Morgan fingerprint density at radius 3 is 2.63 bits per heavy atom. The van der Waals surface area contributed by atoms with Crippen LogP contribution in [-0.2, 0) is 6.18 Å². The van der Waals surface area contributed by atoms with Crippen molar-refractivity contribution < 1.29 is 22.7 Å². The zero-order chi connectivity index (χ0) is 13.9. The van der Waals surface area contributed by atoms with E-state index in [4.69, 9.17) is 4.74 Å². The molecule has 0 radical (unpaired) electrons. The molecule has 0 fully saturated rings. The van der Waals surface area contributed by atoms with Crippen LogP contribution >= 0.6 is 0 Å². The van der Waals surface area contributed by atoms with Gasteiger partial charge < -0.3 is 4.74 Å². The number of alkyl halides is 3. The fraction of sp³-hybridized carbons (Fsp3) is 0.0769. The zero-order valence-electron chi connectivity index (χ0n) is 9.52. The van der Waals surface area contributed by atoms with Gasteiger partial charge in [-0.2, -0.15) is 13.2 Å². The van der Waals surface area contributed by atoms with Gasteiger partial charge in [0.05, 0.1) is 11.1 Å². The topological polar surface area (TPSA) is 39.2 Å². The lowest BCUT2D eigenvalue weighted by molar-refractivity contribution is -0.137. The van der Waals surface area contributed by atoms with Crippen molar-refractivity contribution in [3.05, 3.63) is 53.7 Å². The number of hydrogen-bond donors (Lipinski definition) is 0. The van der Waals surface area contributed by atoms with E-state index in [1.54, 1.807) is 0 Å². The normalized spacial score (nSPS) is 11.1. The number of ether oxygens (including phenoxy) is 1. The number of aldehydes is 1. The maximum Gasteiger partial charge on any atom is 0.416 e. The van der Waals surface area contributed by atoms with Crippen LogP contribution in [-0.4, -0.2) is 11.3 Å². The van der Waals surface area contributed by atoms with Gasteiger partial charge in [-0.25, -0.2) is 4.98 Å². The van der Waals surface area contributed by atoms with Gasteiger partial charge in [0.1, 0.15) is 5.75 Å². The number of carbonyl (C=O) groups excluding carboxylic acids is 1. The summed E-state index contributed by atoms with van der Waals surface area (Å²) in [5, 5.41) is 0. The highest BCUT2D eigenvalue weighted by molar-refractivity contribution is 5.78. The monoisotopic (exact) mass is 267 g/mol. The second-order valence-corrected chi connectivity index (χ2v) is 3.64. The molecule has 0 unspecified atom stereocenters. The average molecular weight is 267 g/mol. The third kappa shape index (κ3) is 3.09. The Morgan fingerprint density at radius 2 is 1.95 bits per heavy atom. The van der Waals surface area contributed by atoms with Crippen LogP contribution in [0.1, 0.15) is 15.9 Å². The predicted octanol–water partition coefficient (Wildman–Crippen LogP) is 3.71. The molecule has 0 amide bonds. The van der Waals surface area contributed by atoms with Gasteiger partial charge >= 0.3 is 6.18 Å². The Bertz CT molecular complexity index is 596. The molecule has 0 aliphatic rings. The lowest BCUT2D eigenvalue weighted by atomic mass is 10.2. The van der Waals surface area contributed by atoms with Gasteiger partial charge in [-0.15, -0.1) is 0 Å². The van der Waals surface area contributed by atoms with E-state index in [0.29, 0.717) is 6.29 Å². The highest BCUT2D eigenvalue weighted by Crippen LogP contribution is 2.32. The maximum atomic E-state index is 12.5. The van der Waals surface area contributed by atoms with Crippen LogP contribution in [0.15, 0.2) is 42.6 Å². The van der Waals surface area contributed by atoms with E-state index in [0.717, 1.165) is 12.1 Å². The number of nitrogens with zero attached hydrogens (tertiary/aromatic N) is 1. The van der Waals surface area contributed by atoms with Crippen LogP contribution in [0.25, 0.3) is 0 Å². The van der Waals surface area contributed by atoms with Crippen LogP contribution in [0.3, 0.4) is 0 Å². The fourth-order valence-electron chi connectivity index (χ4n) is 1.43. The summed E-state index contributed by atoms with van der Waals surface area (Å²) in [6.07, 6.45) is -2.54. The Labute approximate surface area is 106 Å². The summed E-state index contributed by atoms with van der Waals surface area (Å²) in [7, 11) is 0. The standard InChI is InChI=1S/C13H8F3NO2/c14-13(15,16)10-4-1-5-11(7-10)19-12-9(8-18)3-2-6-17-12/h1-8H. The molecule has 3 nitrogen and oxygen atoms in total. The number of halogens is 3. The maximum absolute atomic E-state index is 12.5. The summed E-state index contributed by atoms with van der Waals surface area (Å²) in [4.78, 5) is 14.5. The van der Waals surface area contributed by atoms with Crippen molar-refractivity contribution >= 4 is 6.29 Å². The van der Waals surface area contributed by atoms with Crippen molar-refractivity contribution in [2.75, 3.05) is 0 Å². The summed E-state index contributed by atoms with van der Waals surface area (Å²) in [5.41, 5.74) is -0.659. The molecule has 0 aliphatic heterocycles. The van der Waals surface area contributed by atoms with Gasteiger partial charge in [-0.05, 0) is 30.3 Å². The lowest BCUT2D eigenvalue weighted by Gasteiger charge is -2.10. The SMILES string of the molecule is O=Cc1cccnc1Oc1cccc(C(F)(F)F)c1. The van der Waals surface area contributed by atoms with E-state index in [1.807, 2.05) is 0 Å². The van der Waals surface area contributed by atoms with Crippen molar-refractivity contribution in [3.63, 3.8) is 0 Å². The zero-order valence-corrected chi connectivity index (χ0v) is 9.52. The number of hydrogen-bond acceptors (Lipinski definition) is 3. The van der Waals surface area contributed by atoms with E-state index in [1.165, 1.54) is 30.5 Å². The van der Waals surface area contributed by atoms with Crippen molar-refractivity contribution in [2.24, 2.45) is 0 Å². The molecule has 0 saturated carbocycles. The Kier molecular flexibility index (Phi) is 3.50. The molecule has 2 aromatic rings. The van der Waals surface area contributed by atoms with Gasteiger partial charge in [-0.3, -0.25) is 4.79 Å². The first kappa shape index (κ1) is 13.1. The minimum Gasteiger partial charge on any atom is -0.438 e. The minimum absolute atomic E-state index is 0.0307. The first-order chi connectivity index (χ1) is 9.00. The molecule has 0 bridgehead atoms. The van der Waals surface area contributed by atoms with Crippen molar-refractivity contribution in [2.45, 2.75) is 6.18 Å². The molecule has 19 heavy (non-hydrogen) atoms. The molecular formula is C13H8F3NO2. The molecule has 0 N–H and O–H groups in total. The van der Waals surface area contributed by atoms with Gasteiger partial charge in [-0.1, -0.05) is 6.07 Å². The lowest BCUT2D eigenvalue weighted by Crippen LogP contribution is -2.04. The first-order valence-corrected chi connectivity index (χ1v) is 5.26. The fourth-order valence-corrected chi connectivity index (χ4v) is 1.43. The van der Waals surface area contributed by atoms with Gasteiger partial charge in [0.25, 0.3) is 0 Å². The smallest absolute Gasteiger partial charge is 0.416 e. The second kappa shape index (κ2) is 5.09. The molecule has 0 aliphatic carbocycles. The Balaban J connectivity index is 2.31. The number of benzene rings is 1. The Hall–Kier alpha value is -2.37. The molecule has 1 aromatic heterocycles. The molecule has 6 heteroatoms. The third-order valence-corrected chi connectivity index (χ3v) is 2.30. The minimum atomic E-state index is -4.45. The number of rotatable bonds is 3. The van der Waals surface area contributed by atoms with Crippen LogP contribution in [0, 0.1) is 0 Å².